The molecular formula is C15H17Cl2NO3. The van der Waals surface area contributed by atoms with Crippen LogP contribution in [0.5, 0.6) is 0 Å². The van der Waals surface area contributed by atoms with E-state index in [2.05, 4.69) is 5.32 Å². The number of benzene rings is 1. The minimum Gasteiger partial charge on any atom is -0.449 e. The van der Waals surface area contributed by atoms with Gasteiger partial charge in [-0.05, 0) is 39.0 Å². The van der Waals surface area contributed by atoms with Crippen molar-refractivity contribution < 1.29 is 14.3 Å². The van der Waals surface area contributed by atoms with E-state index in [9.17, 15) is 9.59 Å². The Morgan fingerprint density at radius 2 is 1.76 bits per heavy atom. The quantitative estimate of drug-likeness (QED) is 0.664. The Bertz CT molecular complexity index is 536. The fraction of sp³-hybridized carbons (Fsp3) is 0.333. The SMILES string of the molecule is CC(C)NC(=O)[C@H](C)OC(=O)/C=C/c1c(Cl)cccc1Cl. The zero-order chi connectivity index (χ0) is 16.0. The van der Waals surface area contributed by atoms with Crippen LogP contribution in [-0.2, 0) is 14.3 Å². The Balaban J connectivity index is 2.65. The summed E-state index contributed by atoms with van der Waals surface area (Å²) < 4.78 is 4.99. The van der Waals surface area contributed by atoms with E-state index >= 15 is 0 Å². The Morgan fingerprint density at radius 1 is 1.19 bits per heavy atom. The highest BCUT2D eigenvalue weighted by Gasteiger charge is 2.17. The highest BCUT2D eigenvalue weighted by atomic mass is 35.5. The summed E-state index contributed by atoms with van der Waals surface area (Å²) in [7, 11) is 0. The van der Waals surface area contributed by atoms with E-state index in [0.717, 1.165) is 0 Å². The average molecular weight is 330 g/mol. The minimum atomic E-state index is -0.869. The fourth-order valence-electron chi connectivity index (χ4n) is 1.49. The smallest absolute Gasteiger partial charge is 0.331 e. The molecule has 0 aliphatic carbocycles. The van der Waals surface area contributed by atoms with E-state index in [4.69, 9.17) is 27.9 Å². The van der Waals surface area contributed by atoms with Gasteiger partial charge in [-0.1, -0.05) is 29.3 Å². The van der Waals surface area contributed by atoms with Gasteiger partial charge in [0, 0.05) is 27.7 Å². The number of hydrogen-bond donors (Lipinski definition) is 1. The standard InChI is InChI=1S/C15H17Cl2NO3/c1-9(2)18-15(20)10(3)21-14(19)8-7-11-12(16)5-4-6-13(11)17/h4-10H,1-3H3,(H,18,20)/b8-7+/t10-/m0/s1. The molecule has 114 valence electrons. The lowest BCUT2D eigenvalue weighted by molar-refractivity contribution is -0.150. The summed E-state index contributed by atoms with van der Waals surface area (Å²) in [5, 5.41) is 3.51. The van der Waals surface area contributed by atoms with Gasteiger partial charge in [0.05, 0.1) is 0 Å². The van der Waals surface area contributed by atoms with E-state index in [1.807, 2.05) is 13.8 Å². The number of rotatable bonds is 5. The average Bonchev–Trinajstić information content (AvgIpc) is 2.37. The van der Waals surface area contributed by atoms with Gasteiger partial charge < -0.3 is 10.1 Å². The molecule has 1 aromatic carbocycles. The van der Waals surface area contributed by atoms with Gasteiger partial charge in [-0.3, -0.25) is 4.79 Å². The van der Waals surface area contributed by atoms with Crippen LogP contribution in [0.15, 0.2) is 24.3 Å². The van der Waals surface area contributed by atoms with Gasteiger partial charge in [-0.2, -0.15) is 0 Å². The highest BCUT2D eigenvalue weighted by Crippen LogP contribution is 2.25. The molecule has 1 atom stereocenters. The zero-order valence-electron chi connectivity index (χ0n) is 12.0. The molecule has 21 heavy (non-hydrogen) atoms. The number of carbonyl (C=O) groups excluding carboxylic acids is 2. The van der Waals surface area contributed by atoms with Gasteiger partial charge in [0.1, 0.15) is 0 Å². The topological polar surface area (TPSA) is 55.4 Å². The molecule has 0 bridgehead atoms. The van der Waals surface area contributed by atoms with Gasteiger partial charge in [-0.15, -0.1) is 0 Å². The lowest BCUT2D eigenvalue weighted by Gasteiger charge is -2.14. The molecule has 0 aliphatic rings. The zero-order valence-corrected chi connectivity index (χ0v) is 13.5. The third-order valence-electron chi connectivity index (χ3n) is 2.48. The van der Waals surface area contributed by atoms with E-state index < -0.39 is 12.1 Å². The van der Waals surface area contributed by atoms with Crippen LogP contribution >= 0.6 is 23.2 Å². The maximum absolute atomic E-state index is 11.7. The first kappa shape index (κ1) is 17.5. The van der Waals surface area contributed by atoms with Crippen molar-refractivity contribution in [3.63, 3.8) is 0 Å². The van der Waals surface area contributed by atoms with Crippen LogP contribution in [0.3, 0.4) is 0 Å². The van der Waals surface area contributed by atoms with Crippen LogP contribution in [-0.4, -0.2) is 24.0 Å². The maximum Gasteiger partial charge on any atom is 0.331 e. The molecule has 0 aliphatic heterocycles. The van der Waals surface area contributed by atoms with Crippen LogP contribution in [0.25, 0.3) is 6.08 Å². The molecule has 6 heteroatoms. The molecule has 0 aromatic heterocycles. The summed E-state index contributed by atoms with van der Waals surface area (Å²) in [4.78, 5) is 23.3. The molecule has 0 saturated heterocycles. The van der Waals surface area contributed by atoms with Gasteiger partial charge >= 0.3 is 5.97 Å². The number of carbonyl (C=O) groups is 2. The molecule has 1 amide bonds. The van der Waals surface area contributed by atoms with Gasteiger partial charge in [0.25, 0.3) is 5.91 Å². The van der Waals surface area contributed by atoms with Gasteiger partial charge in [0.2, 0.25) is 0 Å². The normalized spacial score (nSPS) is 12.5. The summed E-state index contributed by atoms with van der Waals surface area (Å²) in [5.41, 5.74) is 0.525. The predicted octanol–water partition coefficient (Wildman–Crippen LogP) is 3.46. The molecule has 1 rings (SSSR count). The summed E-state index contributed by atoms with van der Waals surface area (Å²) in [6.07, 6.45) is 1.78. The van der Waals surface area contributed by atoms with Crippen LogP contribution < -0.4 is 5.32 Å². The monoisotopic (exact) mass is 329 g/mol. The number of ether oxygens (including phenoxy) is 1. The van der Waals surface area contributed by atoms with Crippen molar-refractivity contribution in [3.05, 3.63) is 39.9 Å². The van der Waals surface area contributed by atoms with Crippen molar-refractivity contribution in [1.82, 2.24) is 5.32 Å². The fourth-order valence-corrected chi connectivity index (χ4v) is 2.01. The Labute approximate surface area is 134 Å². The molecule has 1 aromatic rings. The second-order valence-corrected chi connectivity index (χ2v) is 5.53. The largest absolute Gasteiger partial charge is 0.449 e. The predicted molar refractivity (Wildman–Crippen MR) is 84.3 cm³/mol. The summed E-state index contributed by atoms with van der Waals surface area (Å²) in [6, 6.07) is 5.02. The van der Waals surface area contributed by atoms with Crippen molar-refractivity contribution in [2.24, 2.45) is 0 Å². The third-order valence-corrected chi connectivity index (χ3v) is 3.14. The lowest BCUT2D eigenvalue weighted by Crippen LogP contribution is -2.39. The summed E-state index contributed by atoms with van der Waals surface area (Å²) >= 11 is 11.9. The van der Waals surface area contributed by atoms with E-state index in [0.29, 0.717) is 15.6 Å². The van der Waals surface area contributed by atoms with Crippen molar-refractivity contribution in [3.8, 4) is 0 Å². The van der Waals surface area contributed by atoms with E-state index in [1.165, 1.54) is 19.1 Å². The Kier molecular flexibility index (Phi) is 6.72. The Morgan fingerprint density at radius 3 is 2.29 bits per heavy atom. The van der Waals surface area contributed by atoms with Crippen molar-refractivity contribution in [1.29, 1.82) is 0 Å². The van der Waals surface area contributed by atoms with E-state index in [-0.39, 0.29) is 11.9 Å². The molecule has 0 heterocycles. The molecular weight excluding hydrogens is 313 g/mol. The molecule has 0 unspecified atom stereocenters. The van der Waals surface area contributed by atoms with E-state index in [1.54, 1.807) is 18.2 Å². The molecule has 4 nitrogen and oxygen atoms in total. The molecule has 1 N–H and O–H groups in total. The summed E-state index contributed by atoms with van der Waals surface area (Å²) in [6.45, 7) is 5.16. The van der Waals surface area contributed by atoms with Crippen LogP contribution in [0, 0.1) is 0 Å². The number of hydrogen-bond acceptors (Lipinski definition) is 3. The number of nitrogens with one attached hydrogen (secondary N) is 1. The lowest BCUT2D eigenvalue weighted by atomic mass is 10.2. The third kappa shape index (κ3) is 5.78. The van der Waals surface area contributed by atoms with Crippen molar-refractivity contribution >= 4 is 41.2 Å². The number of amides is 1. The highest BCUT2D eigenvalue weighted by molar-refractivity contribution is 6.37. The maximum atomic E-state index is 11.7. The number of halogens is 2. The van der Waals surface area contributed by atoms with Crippen molar-refractivity contribution in [2.45, 2.75) is 32.9 Å². The van der Waals surface area contributed by atoms with Gasteiger partial charge in [-0.25, -0.2) is 4.79 Å². The van der Waals surface area contributed by atoms with Crippen LogP contribution in [0.1, 0.15) is 26.3 Å². The first-order chi connectivity index (χ1) is 9.81. The second-order valence-electron chi connectivity index (χ2n) is 4.71. The molecule has 0 radical (unpaired) electrons. The number of esters is 1. The van der Waals surface area contributed by atoms with Crippen LogP contribution in [0.4, 0.5) is 0 Å². The first-order valence-electron chi connectivity index (χ1n) is 6.44. The van der Waals surface area contributed by atoms with Crippen LogP contribution in [0.2, 0.25) is 10.0 Å². The molecule has 0 saturated carbocycles. The Hall–Kier alpha value is -1.52. The van der Waals surface area contributed by atoms with Crippen molar-refractivity contribution in [2.75, 3.05) is 0 Å². The first-order valence-corrected chi connectivity index (χ1v) is 7.20. The molecule has 0 spiro atoms. The second kappa shape index (κ2) is 8.05. The summed E-state index contributed by atoms with van der Waals surface area (Å²) in [5.74, 6) is -0.986. The van der Waals surface area contributed by atoms with Gasteiger partial charge in [0.15, 0.2) is 6.10 Å². The molecule has 0 fully saturated rings. The minimum absolute atomic E-state index is 0.0175.